The van der Waals surface area contributed by atoms with E-state index in [9.17, 15) is 0 Å². The van der Waals surface area contributed by atoms with Gasteiger partial charge in [-0.1, -0.05) is 45.4 Å². The predicted molar refractivity (Wildman–Crippen MR) is 134 cm³/mol. The molecule has 0 atom stereocenters. The highest BCUT2D eigenvalue weighted by molar-refractivity contribution is 7.80. The number of thiocarbonyl (C=S) groups is 1. The van der Waals surface area contributed by atoms with Gasteiger partial charge in [0.05, 0.1) is 0 Å². The van der Waals surface area contributed by atoms with Gasteiger partial charge in [-0.15, -0.1) is 0 Å². The van der Waals surface area contributed by atoms with Gasteiger partial charge in [-0.05, 0) is 56.7 Å². The Balaban J connectivity index is 1.49. The second kappa shape index (κ2) is 11.3. The van der Waals surface area contributed by atoms with E-state index in [0.717, 1.165) is 43.7 Å². The smallest absolute Gasteiger partial charge is 0.232 e. The van der Waals surface area contributed by atoms with E-state index >= 15 is 0 Å². The lowest BCUT2D eigenvalue weighted by Gasteiger charge is -2.32. The molecule has 2 N–H and O–H groups in total. The van der Waals surface area contributed by atoms with Gasteiger partial charge >= 0.3 is 0 Å². The van der Waals surface area contributed by atoms with Crippen molar-refractivity contribution >= 4 is 34.9 Å². The molecule has 1 aromatic heterocycles. The molecule has 6 nitrogen and oxygen atoms in total. The molecule has 0 unspecified atom stereocenters. The molecule has 1 aliphatic carbocycles. The maximum Gasteiger partial charge on any atom is 0.232 e. The number of hydrogen-bond acceptors (Lipinski definition) is 5. The molecule has 4 rings (SSSR count). The number of hydrogen-bond donors (Lipinski definition) is 2. The van der Waals surface area contributed by atoms with E-state index in [1.54, 1.807) is 0 Å². The Labute approximate surface area is 193 Å². The van der Waals surface area contributed by atoms with Gasteiger partial charge < -0.3 is 20.4 Å². The van der Waals surface area contributed by atoms with E-state index in [0.29, 0.717) is 17.1 Å². The third-order valence-electron chi connectivity index (χ3n) is 7.15. The third-order valence-corrected chi connectivity index (χ3v) is 7.37. The van der Waals surface area contributed by atoms with Crippen molar-refractivity contribution in [1.82, 2.24) is 15.3 Å². The fraction of sp³-hybridized carbons (Fsp3) is 0.792. The molecule has 0 amide bonds. The number of nitrogens with zero attached hydrogens (tertiary/aromatic N) is 4. The van der Waals surface area contributed by atoms with Gasteiger partial charge in [-0.3, -0.25) is 0 Å². The van der Waals surface area contributed by atoms with E-state index in [-0.39, 0.29) is 0 Å². The van der Waals surface area contributed by atoms with Crippen LogP contribution in [0.1, 0.15) is 84.0 Å². The van der Waals surface area contributed by atoms with E-state index in [1.165, 1.54) is 77.0 Å². The maximum atomic E-state index is 5.67. The summed E-state index contributed by atoms with van der Waals surface area (Å²) in [6.07, 6.45) is 15.3. The number of rotatable bonds is 4. The Bertz CT molecular complexity index is 702. The SMILES string of the molecule is CC1CCN(c2cc(N3CCCCCC3)nc(NC(=S)NC3CCCCCC3)n2)CC1. The highest BCUT2D eigenvalue weighted by Gasteiger charge is 2.21. The predicted octanol–water partition coefficient (Wildman–Crippen LogP) is 5.10. The van der Waals surface area contributed by atoms with Gasteiger partial charge in [0, 0.05) is 38.3 Å². The average Bonchev–Trinajstić information content (AvgIpc) is 3.19. The summed E-state index contributed by atoms with van der Waals surface area (Å²) < 4.78 is 0. The lowest BCUT2D eigenvalue weighted by molar-refractivity contribution is 0.436. The molecule has 0 bridgehead atoms. The zero-order valence-corrected chi connectivity index (χ0v) is 20.1. The van der Waals surface area contributed by atoms with E-state index in [4.69, 9.17) is 22.2 Å². The van der Waals surface area contributed by atoms with Crippen LogP contribution in [0.25, 0.3) is 0 Å². The van der Waals surface area contributed by atoms with Gasteiger partial charge in [0.1, 0.15) is 11.6 Å². The minimum absolute atomic E-state index is 0.472. The molecule has 0 spiro atoms. The number of nitrogens with one attached hydrogen (secondary N) is 2. The highest BCUT2D eigenvalue weighted by atomic mass is 32.1. The van der Waals surface area contributed by atoms with Gasteiger partial charge in [-0.2, -0.15) is 9.97 Å². The largest absolute Gasteiger partial charge is 0.360 e. The lowest BCUT2D eigenvalue weighted by atomic mass is 9.99. The minimum atomic E-state index is 0.472. The molecule has 3 aliphatic rings. The van der Waals surface area contributed by atoms with Crippen LogP contribution >= 0.6 is 12.2 Å². The van der Waals surface area contributed by atoms with Crippen molar-refractivity contribution < 1.29 is 0 Å². The zero-order valence-electron chi connectivity index (χ0n) is 19.2. The molecule has 1 saturated carbocycles. The van der Waals surface area contributed by atoms with Crippen LogP contribution < -0.4 is 20.4 Å². The Hall–Kier alpha value is -1.63. The first-order chi connectivity index (χ1) is 15.2. The number of aromatic nitrogens is 2. The molecule has 31 heavy (non-hydrogen) atoms. The Morgan fingerprint density at radius 3 is 1.97 bits per heavy atom. The first-order valence-electron chi connectivity index (χ1n) is 12.6. The normalized spacial score (nSPS) is 22.0. The Morgan fingerprint density at radius 1 is 0.806 bits per heavy atom. The maximum absolute atomic E-state index is 5.67. The summed E-state index contributed by atoms with van der Waals surface area (Å²) in [6.45, 7) is 6.66. The van der Waals surface area contributed by atoms with Crippen LogP contribution in [0.3, 0.4) is 0 Å². The first kappa shape index (κ1) is 22.6. The van der Waals surface area contributed by atoms with Gasteiger partial charge in [0.2, 0.25) is 5.95 Å². The number of anilines is 3. The van der Waals surface area contributed by atoms with Crippen LogP contribution in [0, 0.1) is 5.92 Å². The topological polar surface area (TPSA) is 56.3 Å². The lowest BCUT2D eigenvalue weighted by Crippen LogP contribution is -2.38. The molecule has 0 aromatic carbocycles. The monoisotopic (exact) mass is 444 g/mol. The van der Waals surface area contributed by atoms with Crippen molar-refractivity contribution in [2.24, 2.45) is 5.92 Å². The molecule has 3 fully saturated rings. The van der Waals surface area contributed by atoms with Crippen molar-refractivity contribution in [3.05, 3.63) is 6.07 Å². The van der Waals surface area contributed by atoms with Gasteiger partial charge in [0.15, 0.2) is 5.11 Å². The molecule has 7 heteroatoms. The van der Waals surface area contributed by atoms with Gasteiger partial charge in [0.25, 0.3) is 0 Å². The summed E-state index contributed by atoms with van der Waals surface area (Å²) in [5.74, 6) is 3.53. The van der Waals surface area contributed by atoms with Crippen molar-refractivity contribution in [1.29, 1.82) is 0 Å². The summed E-state index contributed by atoms with van der Waals surface area (Å²) in [7, 11) is 0. The summed E-state index contributed by atoms with van der Waals surface area (Å²) in [5.41, 5.74) is 0. The zero-order chi connectivity index (χ0) is 21.5. The second-order valence-electron chi connectivity index (χ2n) is 9.77. The standard InChI is InChI=1S/C24H40N6S/c1-19-12-16-30(17-13-19)22-18-21(29-14-8-4-5-9-15-29)26-23(27-22)28-24(31)25-20-10-6-2-3-7-11-20/h18-20H,2-17H2,1H3,(H2,25,26,27,28,31). The summed E-state index contributed by atoms with van der Waals surface area (Å²) >= 11 is 5.67. The quantitative estimate of drug-likeness (QED) is 0.495. The van der Waals surface area contributed by atoms with Gasteiger partial charge in [-0.25, -0.2) is 0 Å². The van der Waals surface area contributed by atoms with Crippen LogP contribution in [0.2, 0.25) is 0 Å². The fourth-order valence-electron chi connectivity index (χ4n) is 5.09. The van der Waals surface area contributed by atoms with E-state index < -0.39 is 0 Å². The molecule has 0 radical (unpaired) electrons. The highest BCUT2D eigenvalue weighted by Crippen LogP contribution is 2.27. The molecule has 2 aliphatic heterocycles. The Morgan fingerprint density at radius 2 is 1.35 bits per heavy atom. The van der Waals surface area contributed by atoms with Crippen molar-refractivity contribution in [3.8, 4) is 0 Å². The third kappa shape index (κ3) is 6.67. The van der Waals surface area contributed by atoms with E-state index in [2.05, 4.69) is 33.4 Å². The summed E-state index contributed by atoms with van der Waals surface area (Å²) in [6, 6.07) is 2.67. The summed E-state index contributed by atoms with van der Waals surface area (Å²) in [4.78, 5) is 14.7. The Kier molecular flexibility index (Phi) is 8.22. The molecular formula is C24H40N6S. The molecule has 2 saturated heterocycles. The first-order valence-corrected chi connectivity index (χ1v) is 13.0. The van der Waals surface area contributed by atoms with Crippen molar-refractivity contribution in [3.63, 3.8) is 0 Å². The van der Waals surface area contributed by atoms with E-state index in [1.807, 2.05) is 0 Å². The van der Waals surface area contributed by atoms with Crippen LogP contribution in [-0.4, -0.2) is 47.3 Å². The van der Waals surface area contributed by atoms with Crippen LogP contribution in [0.15, 0.2) is 6.07 Å². The van der Waals surface area contributed by atoms with Crippen LogP contribution in [-0.2, 0) is 0 Å². The number of piperidine rings is 1. The fourth-order valence-corrected chi connectivity index (χ4v) is 5.34. The molecule has 172 valence electrons. The molecule has 3 heterocycles. The summed E-state index contributed by atoms with van der Waals surface area (Å²) in [5, 5.41) is 7.54. The van der Waals surface area contributed by atoms with Crippen LogP contribution in [0.4, 0.5) is 17.6 Å². The van der Waals surface area contributed by atoms with Crippen molar-refractivity contribution in [2.75, 3.05) is 41.3 Å². The molecule has 1 aromatic rings. The minimum Gasteiger partial charge on any atom is -0.360 e. The molecular weight excluding hydrogens is 404 g/mol. The average molecular weight is 445 g/mol. The van der Waals surface area contributed by atoms with Crippen molar-refractivity contribution in [2.45, 2.75) is 90.0 Å². The van der Waals surface area contributed by atoms with Crippen LogP contribution in [0.5, 0.6) is 0 Å². The second-order valence-corrected chi connectivity index (χ2v) is 10.2.